The second kappa shape index (κ2) is 7.75. The van der Waals surface area contributed by atoms with Crippen molar-refractivity contribution in [2.75, 3.05) is 31.1 Å². The maximum atomic E-state index is 10.7. The fourth-order valence-corrected chi connectivity index (χ4v) is 2.96. The number of anilines is 1. The highest BCUT2D eigenvalue weighted by Gasteiger charge is 2.18. The third kappa shape index (κ3) is 4.00. The molecule has 0 unspecified atom stereocenters. The Morgan fingerprint density at radius 3 is 2.50 bits per heavy atom. The first-order valence-corrected chi connectivity index (χ1v) is 8.00. The second-order valence-electron chi connectivity index (χ2n) is 5.54. The van der Waals surface area contributed by atoms with Crippen LogP contribution < -0.4 is 10.6 Å². The van der Waals surface area contributed by atoms with Gasteiger partial charge in [-0.05, 0) is 25.5 Å². The van der Waals surface area contributed by atoms with Gasteiger partial charge in [-0.3, -0.25) is 10.1 Å². The van der Waals surface area contributed by atoms with Gasteiger partial charge >= 0.3 is 0 Å². The zero-order valence-corrected chi connectivity index (χ0v) is 14.3. The van der Waals surface area contributed by atoms with E-state index in [0.29, 0.717) is 5.57 Å². The molecule has 1 heterocycles. The summed E-state index contributed by atoms with van der Waals surface area (Å²) >= 11 is 4.93. The highest BCUT2D eigenvalue weighted by atomic mass is 32.1. The molecular weight excluding hydrogens is 326 g/mol. The summed E-state index contributed by atoms with van der Waals surface area (Å²) in [4.78, 5) is 14.8. The molecule has 1 aliphatic rings. The molecule has 2 N–H and O–H groups in total. The van der Waals surface area contributed by atoms with E-state index in [0.717, 1.165) is 44.0 Å². The largest absolute Gasteiger partial charge is 0.389 e. The monoisotopic (exact) mass is 345 g/mol. The molecule has 24 heavy (non-hydrogen) atoms. The number of nitro benzene ring substituents is 1. The number of hydrogen-bond acceptors (Lipinski definition) is 6. The summed E-state index contributed by atoms with van der Waals surface area (Å²) < 4.78 is 0. The van der Waals surface area contributed by atoms with Crippen LogP contribution in [-0.2, 0) is 0 Å². The topological polar surface area (TPSA) is 99.4 Å². The van der Waals surface area contributed by atoms with Gasteiger partial charge in [0.25, 0.3) is 5.69 Å². The zero-order valence-electron chi connectivity index (χ0n) is 13.4. The zero-order chi connectivity index (χ0) is 17.7. The summed E-state index contributed by atoms with van der Waals surface area (Å²) in [5.74, 6) is 0. The number of nitro groups is 1. The van der Waals surface area contributed by atoms with E-state index in [4.69, 9.17) is 18.0 Å². The molecule has 1 saturated heterocycles. The highest BCUT2D eigenvalue weighted by Crippen LogP contribution is 2.22. The van der Waals surface area contributed by atoms with Gasteiger partial charge in [-0.2, -0.15) is 5.26 Å². The fourth-order valence-electron chi connectivity index (χ4n) is 2.77. The average molecular weight is 345 g/mol. The van der Waals surface area contributed by atoms with Gasteiger partial charge < -0.3 is 15.5 Å². The number of thiocarbonyl (C=S) groups is 1. The molecule has 0 amide bonds. The van der Waals surface area contributed by atoms with Crippen molar-refractivity contribution in [1.82, 2.24) is 4.90 Å². The first kappa shape index (κ1) is 17.7. The SMILES string of the molecule is C/C(=C(\C#N)C(N)=S)N1CCCN(c2ccc([N+](=O)[O-])cc2)CC1. The Balaban J connectivity index is 2.11. The van der Waals surface area contributed by atoms with Gasteiger partial charge in [0.15, 0.2) is 0 Å². The van der Waals surface area contributed by atoms with Crippen molar-refractivity contribution in [3.8, 4) is 6.07 Å². The lowest BCUT2D eigenvalue weighted by atomic mass is 10.2. The van der Waals surface area contributed by atoms with E-state index in [1.54, 1.807) is 12.1 Å². The molecule has 0 aromatic heterocycles. The molecule has 0 saturated carbocycles. The lowest BCUT2D eigenvalue weighted by Crippen LogP contribution is -2.31. The summed E-state index contributed by atoms with van der Waals surface area (Å²) in [7, 11) is 0. The molecule has 1 aliphatic heterocycles. The fraction of sp³-hybridized carbons (Fsp3) is 0.375. The second-order valence-corrected chi connectivity index (χ2v) is 5.98. The van der Waals surface area contributed by atoms with Crippen LogP contribution in [0.1, 0.15) is 13.3 Å². The molecule has 0 radical (unpaired) electrons. The van der Waals surface area contributed by atoms with Crippen molar-refractivity contribution < 1.29 is 4.92 Å². The van der Waals surface area contributed by atoms with Crippen molar-refractivity contribution in [3.05, 3.63) is 45.6 Å². The Bertz CT molecular complexity index is 708. The van der Waals surface area contributed by atoms with Gasteiger partial charge in [0.1, 0.15) is 16.6 Å². The van der Waals surface area contributed by atoms with Crippen LogP contribution in [0.5, 0.6) is 0 Å². The van der Waals surface area contributed by atoms with Crippen LogP contribution in [0.25, 0.3) is 0 Å². The summed E-state index contributed by atoms with van der Waals surface area (Å²) in [6.45, 7) is 5.00. The van der Waals surface area contributed by atoms with Crippen LogP contribution in [0.15, 0.2) is 35.5 Å². The van der Waals surface area contributed by atoms with E-state index in [-0.39, 0.29) is 10.7 Å². The van der Waals surface area contributed by atoms with Gasteiger partial charge in [-0.25, -0.2) is 0 Å². The van der Waals surface area contributed by atoms with Crippen molar-refractivity contribution >= 4 is 28.6 Å². The van der Waals surface area contributed by atoms with E-state index < -0.39 is 4.92 Å². The maximum absolute atomic E-state index is 10.7. The van der Waals surface area contributed by atoms with E-state index in [1.807, 2.05) is 6.92 Å². The number of non-ortho nitro benzene ring substituents is 1. The van der Waals surface area contributed by atoms with Crippen molar-refractivity contribution in [2.24, 2.45) is 5.73 Å². The Labute approximate surface area is 146 Å². The van der Waals surface area contributed by atoms with Crippen LogP contribution >= 0.6 is 12.2 Å². The van der Waals surface area contributed by atoms with Crippen molar-refractivity contribution in [2.45, 2.75) is 13.3 Å². The Kier molecular flexibility index (Phi) is 5.71. The van der Waals surface area contributed by atoms with Crippen LogP contribution in [0, 0.1) is 21.4 Å². The normalized spacial score (nSPS) is 16.0. The number of allylic oxidation sites excluding steroid dienone is 1. The number of hydrogen-bond donors (Lipinski definition) is 1. The summed E-state index contributed by atoms with van der Waals surface area (Å²) in [6, 6.07) is 8.65. The minimum atomic E-state index is -0.402. The molecule has 0 aliphatic carbocycles. The van der Waals surface area contributed by atoms with Gasteiger partial charge in [-0.1, -0.05) is 12.2 Å². The summed E-state index contributed by atoms with van der Waals surface area (Å²) in [5.41, 5.74) is 7.81. The van der Waals surface area contributed by atoms with Crippen molar-refractivity contribution in [1.29, 1.82) is 5.26 Å². The molecule has 0 spiro atoms. The minimum Gasteiger partial charge on any atom is -0.389 e. The Morgan fingerprint density at radius 1 is 1.29 bits per heavy atom. The van der Waals surface area contributed by atoms with E-state index in [2.05, 4.69) is 15.9 Å². The molecule has 126 valence electrons. The van der Waals surface area contributed by atoms with E-state index in [1.165, 1.54) is 12.1 Å². The molecule has 0 bridgehead atoms. The van der Waals surface area contributed by atoms with Gasteiger partial charge in [0.05, 0.1) is 4.92 Å². The van der Waals surface area contributed by atoms with Crippen LogP contribution in [0.3, 0.4) is 0 Å². The Morgan fingerprint density at radius 2 is 1.96 bits per heavy atom. The molecule has 1 aromatic rings. The maximum Gasteiger partial charge on any atom is 0.269 e. The standard InChI is InChI=1S/C16H19N5O2S/c1-12(15(11-17)16(18)24)19-7-2-8-20(10-9-19)13-3-5-14(6-4-13)21(22)23/h3-6H,2,7-10H2,1H3,(H2,18,24)/b15-12-. The van der Waals surface area contributed by atoms with Crippen molar-refractivity contribution in [3.63, 3.8) is 0 Å². The number of benzene rings is 1. The first-order chi connectivity index (χ1) is 11.4. The lowest BCUT2D eigenvalue weighted by Gasteiger charge is -2.25. The third-order valence-electron chi connectivity index (χ3n) is 4.12. The number of nitrogens with two attached hydrogens (primary N) is 1. The number of nitrogens with zero attached hydrogens (tertiary/aromatic N) is 4. The van der Waals surface area contributed by atoms with E-state index in [9.17, 15) is 15.4 Å². The molecule has 0 atom stereocenters. The summed E-state index contributed by atoms with van der Waals surface area (Å²) in [5, 5.41) is 19.9. The van der Waals surface area contributed by atoms with Crippen LogP contribution in [0.2, 0.25) is 0 Å². The minimum absolute atomic E-state index is 0.0871. The molecule has 1 aromatic carbocycles. The number of nitriles is 1. The van der Waals surface area contributed by atoms with E-state index >= 15 is 0 Å². The quantitative estimate of drug-likeness (QED) is 0.293. The first-order valence-electron chi connectivity index (χ1n) is 7.59. The van der Waals surface area contributed by atoms with Gasteiger partial charge in [0, 0.05) is 49.7 Å². The predicted molar refractivity (Wildman–Crippen MR) is 96.6 cm³/mol. The predicted octanol–water partition coefficient (Wildman–Crippen LogP) is 2.19. The molecular formula is C16H19N5O2S. The molecule has 1 fully saturated rings. The molecule has 8 heteroatoms. The number of rotatable bonds is 4. The van der Waals surface area contributed by atoms with Crippen LogP contribution in [0.4, 0.5) is 11.4 Å². The average Bonchev–Trinajstić information content (AvgIpc) is 2.81. The molecule has 7 nitrogen and oxygen atoms in total. The summed E-state index contributed by atoms with van der Waals surface area (Å²) in [6.07, 6.45) is 0.907. The van der Waals surface area contributed by atoms with Gasteiger partial charge in [-0.15, -0.1) is 0 Å². The Hall–Kier alpha value is -2.66. The highest BCUT2D eigenvalue weighted by molar-refractivity contribution is 7.80. The van der Waals surface area contributed by atoms with Crippen LogP contribution in [-0.4, -0.2) is 41.0 Å². The third-order valence-corrected chi connectivity index (χ3v) is 4.32. The lowest BCUT2D eigenvalue weighted by molar-refractivity contribution is -0.384. The van der Waals surface area contributed by atoms with Gasteiger partial charge in [0.2, 0.25) is 0 Å². The smallest absolute Gasteiger partial charge is 0.269 e. The molecule has 2 rings (SSSR count).